The van der Waals surface area contributed by atoms with Crippen molar-refractivity contribution in [1.82, 2.24) is 19.9 Å². The van der Waals surface area contributed by atoms with Gasteiger partial charge in [0.15, 0.2) is 8.07 Å². The van der Waals surface area contributed by atoms with Crippen molar-refractivity contribution in [3.63, 3.8) is 0 Å². The molecule has 9 aromatic rings. The van der Waals surface area contributed by atoms with Crippen LogP contribution in [0.5, 0.6) is 0 Å². The maximum absolute atomic E-state index is 6.23. The van der Waals surface area contributed by atoms with Crippen molar-refractivity contribution in [2.24, 2.45) is 0 Å². The summed E-state index contributed by atoms with van der Waals surface area (Å²) in [6.07, 6.45) is 7.01. The quantitative estimate of drug-likeness (QED) is 0.173. The largest absolute Gasteiger partial charge is 0.354 e. The Morgan fingerprint density at radius 1 is 0.341 bits per heavy atom. The summed E-state index contributed by atoms with van der Waals surface area (Å²) in [7, 11) is -3.19. The van der Waals surface area contributed by atoms with Gasteiger partial charge in [-0.25, -0.2) is 9.97 Å². The first-order chi connectivity index (χ1) is 39.9. The van der Waals surface area contributed by atoms with Gasteiger partial charge in [-0.3, -0.25) is 0 Å². The van der Waals surface area contributed by atoms with E-state index in [1.807, 2.05) is 0 Å². The SMILES string of the molecule is CC(C)(C)c1cc(-c2c3nc(c(-c4cc(C(C)(C)C)cc(C(C)(C)C)c4)c4cc5c([nH]4)c4c6nc(c(-c7cc(C(C)(C)C)cc(C(C)(C)C)c7)c7ccc2[nH]7)C=C6c2ccccc2[Si]4(c2ccccc2)c2ccccc2-5)C=C3)cc(C(C)(C)C)c1. The second-order valence-electron chi connectivity index (χ2n) is 31.0. The topological polar surface area (TPSA) is 57.4 Å². The maximum Gasteiger partial charge on any atom is 0.185 e. The molecule has 0 fully saturated rings. The summed E-state index contributed by atoms with van der Waals surface area (Å²) in [4.78, 5) is 20.8. The summed E-state index contributed by atoms with van der Waals surface area (Å²) in [6.45, 7) is 42.1. The lowest BCUT2D eigenvalue weighted by molar-refractivity contribution is 0.568. The molecule has 13 rings (SSSR count). The number of hydrogen-bond donors (Lipinski definition) is 2. The second-order valence-corrected chi connectivity index (χ2v) is 34.6. The molecule has 8 bridgehead atoms. The molecule has 6 aromatic carbocycles. The number of fused-ring (bicyclic) bond motifs is 12. The van der Waals surface area contributed by atoms with E-state index in [1.54, 1.807) is 0 Å². The van der Waals surface area contributed by atoms with Crippen LogP contribution in [-0.2, 0) is 32.5 Å². The van der Waals surface area contributed by atoms with E-state index in [2.05, 4.69) is 304 Å². The van der Waals surface area contributed by atoms with Crippen LogP contribution in [0.3, 0.4) is 0 Å². The lowest BCUT2D eigenvalue weighted by Crippen LogP contribution is -2.78. The van der Waals surface area contributed by atoms with Crippen LogP contribution < -0.4 is 20.7 Å². The number of nitrogens with zero attached hydrogens (tertiary/aromatic N) is 2. The van der Waals surface area contributed by atoms with Crippen LogP contribution in [0.1, 0.15) is 186 Å². The minimum absolute atomic E-state index is 0.114. The highest BCUT2D eigenvalue weighted by Crippen LogP contribution is 2.47. The Labute approximate surface area is 506 Å². The summed E-state index contributed by atoms with van der Waals surface area (Å²) in [6, 6.07) is 59.1. The molecule has 1 atom stereocenters. The minimum Gasteiger partial charge on any atom is -0.354 e. The van der Waals surface area contributed by atoms with Crippen LogP contribution in [0.25, 0.3) is 90.4 Å². The van der Waals surface area contributed by atoms with Crippen molar-refractivity contribution >= 4 is 74.7 Å². The van der Waals surface area contributed by atoms with Crippen LogP contribution in [0.4, 0.5) is 0 Å². The highest BCUT2D eigenvalue weighted by molar-refractivity contribution is 7.22. The molecule has 428 valence electrons. The van der Waals surface area contributed by atoms with Crippen molar-refractivity contribution in [3.8, 4) is 44.5 Å². The van der Waals surface area contributed by atoms with Crippen LogP contribution in [-0.4, -0.2) is 28.0 Å². The molecule has 4 aliphatic heterocycles. The molecule has 4 nitrogen and oxygen atoms in total. The van der Waals surface area contributed by atoms with E-state index in [9.17, 15) is 0 Å². The predicted molar refractivity (Wildman–Crippen MR) is 368 cm³/mol. The molecule has 0 aliphatic carbocycles. The van der Waals surface area contributed by atoms with E-state index >= 15 is 0 Å². The molecule has 85 heavy (non-hydrogen) atoms. The minimum atomic E-state index is -3.19. The number of aromatic amines is 2. The van der Waals surface area contributed by atoms with Crippen LogP contribution in [0.15, 0.2) is 152 Å². The highest BCUT2D eigenvalue weighted by atomic mass is 28.3. The molecule has 3 aromatic heterocycles. The highest BCUT2D eigenvalue weighted by Gasteiger charge is 2.53. The second kappa shape index (κ2) is 19.1. The Balaban J connectivity index is 1.31. The average Bonchev–Trinajstić information content (AvgIpc) is 1.67. The summed E-state index contributed by atoms with van der Waals surface area (Å²) in [5.41, 5.74) is 26.6. The molecule has 1 unspecified atom stereocenters. The number of nitrogens with one attached hydrogen (secondary N) is 2. The smallest absolute Gasteiger partial charge is 0.185 e. The molecular formula is C80H84N4Si. The number of H-pyrrole nitrogens is 2. The van der Waals surface area contributed by atoms with Crippen molar-refractivity contribution in [3.05, 3.63) is 213 Å². The van der Waals surface area contributed by atoms with Crippen LogP contribution in [0, 0.1) is 0 Å². The number of rotatable bonds is 4. The van der Waals surface area contributed by atoms with Crippen LogP contribution >= 0.6 is 0 Å². The zero-order valence-corrected chi connectivity index (χ0v) is 54.6. The maximum atomic E-state index is 6.23. The van der Waals surface area contributed by atoms with Gasteiger partial charge in [0, 0.05) is 55.1 Å². The van der Waals surface area contributed by atoms with Crippen molar-refractivity contribution < 1.29 is 0 Å². The fourth-order valence-corrected chi connectivity index (χ4v) is 19.1. The fraction of sp³-hybridized carbons (Fsp3) is 0.300. The average molecular weight is 1130 g/mol. The Kier molecular flexibility index (Phi) is 12.6. The third-order valence-electron chi connectivity index (χ3n) is 18.7. The lowest BCUT2D eigenvalue weighted by Gasteiger charge is -2.42. The van der Waals surface area contributed by atoms with Gasteiger partial charge in [0.2, 0.25) is 0 Å². The Hall–Kier alpha value is -7.86. The zero-order chi connectivity index (χ0) is 60.3. The molecule has 7 heterocycles. The van der Waals surface area contributed by atoms with Gasteiger partial charge < -0.3 is 9.97 Å². The van der Waals surface area contributed by atoms with E-state index in [1.165, 1.54) is 70.8 Å². The van der Waals surface area contributed by atoms with Crippen molar-refractivity contribution in [1.29, 1.82) is 0 Å². The monoisotopic (exact) mass is 1130 g/mol. The molecule has 4 aliphatic rings. The summed E-state index contributed by atoms with van der Waals surface area (Å²) in [5.74, 6) is 0. The molecule has 2 N–H and O–H groups in total. The third kappa shape index (κ3) is 9.30. The van der Waals surface area contributed by atoms with Gasteiger partial charge in [0.1, 0.15) is 0 Å². The van der Waals surface area contributed by atoms with Gasteiger partial charge in [-0.15, -0.1) is 0 Å². The van der Waals surface area contributed by atoms with Gasteiger partial charge >= 0.3 is 0 Å². The first kappa shape index (κ1) is 56.3. The van der Waals surface area contributed by atoms with Crippen molar-refractivity contribution in [2.75, 3.05) is 0 Å². The predicted octanol–water partition coefficient (Wildman–Crippen LogP) is 18.5. The number of aromatic nitrogens is 4. The molecule has 0 saturated carbocycles. The Bertz CT molecular complexity index is 4410. The summed E-state index contributed by atoms with van der Waals surface area (Å²) < 4.78 is 0. The fourth-order valence-electron chi connectivity index (χ4n) is 13.6. The van der Waals surface area contributed by atoms with Crippen LogP contribution in [0.2, 0.25) is 0 Å². The van der Waals surface area contributed by atoms with Gasteiger partial charge in [-0.1, -0.05) is 258 Å². The molecule has 0 radical (unpaired) electrons. The zero-order valence-electron chi connectivity index (χ0n) is 53.6. The molecule has 0 saturated heterocycles. The molecule has 5 heteroatoms. The van der Waals surface area contributed by atoms with E-state index in [0.29, 0.717) is 0 Å². The molecule has 0 spiro atoms. The third-order valence-corrected chi connectivity index (χ3v) is 23.6. The molecular weight excluding hydrogens is 1040 g/mol. The van der Waals surface area contributed by atoms with Gasteiger partial charge in [-0.2, -0.15) is 0 Å². The summed E-state index contributed by atoms with van der Waals surface area (Å²) >= 11 is 0. The van der Waals surface area contributed by atoms with E-state index in [0.717, 1.165) is 83.8 Å². The first-order valence-corrected chi connectivity index (χ1v) is 32.9. The first-order valence-electron chi connectivity index (χ1n) is 30.9. The Morgan fingerprint density at radius 2 is 0.729 bits per heavy atom. The van der Waals surface area contributed by atoms with Gasteiger partial charge in [0.05, 0.1) is 22.8 Å². The number of hydrogen-bond acceptors (Lipinski definition) is 2. The van der Waals surface area contributed by atoms with E-state index in [-0.39, 0.29) is 32.5 Å². The lowest BCUT2D eigenvalue weighted by atomic mass is 9.78. The Morgan fingerprint density at radius 3 is 1.18 bits per heavy atom. The van der Waals surface area contributed by atoms with E-state index in [4.69, 9.17) is 9.97 Å². The van der Waals surface area contributed by atoms with Gasteiger partial charge in [0.25, 0.3) is 0 Å². The standard InChI is InChI=1S/C80H84N4Si/c1-75(2,3)50-36-47(37-51(42-50)76(4,5)6)69-61-32-34-63(81-61)70(48-38-52(77(7,8)9)43-53(39-48)78(10,11)12)65-45-59-57-28-22-24-30-67(57)85(56-26-20-19-21-27-56)68-31-25-23-29-58(68)60-46-66(84-73(60)74(85)72(59)83-65)71(64-35-33-62(69)82-64)49-40-54(79(13,14)15)44-55(41-49)80(16,17)18/h19-46,81,84H,1-18H3. The van der Waals surface area contributed by atoms with Gasteiger partial charge in [-0.05, 0) is 146 Å². The van der Waals surface area contributed by atoms with E-state index < -0.39 is 8.07 Å². The summed E-state index contributed by atoms with van der Waals surface area (Å²) in [5, 5.41) is 5.41. The van der Waals surface area contributed by atoms with Crippen molar-refractivity contribution in [2.45, 2.75) is 157 Å². The molecule has 0 amide bonds. The normalized spacial score (nSPS) is 15.7. The number of benzene rings is 6.